The highest BCUT2D eigenvalue weighted by Crippen LogP contribution is 2.50. The van der Waals surface area contributed by atoms with E-state index in [2.05, 4.69) is 10.3 Å². The normalized spacial score (nSPS) is 15.8. The van der Waals surface area contributed by atoms with E-state index in [1.807, 2.05) is 0 Å². The van der Waals surface area contributed by atoms with Crippen molar-refractivity contribution in [3.8, 4) is 0 Å². The molecule has 0 spiro atoms. The van der Waals surface area contributed by atoms with Crippen LogP contribution in [0.25, 0.3) is 6.08 Å². The predicted molar refractivity (Wildman–Crippen MR) is 146 cm³/mol. The molecule has 1 heterocycles. The van der Waals surface area contributed by atoms with Crippen LogP contribution in [0.5, 0.6) is 0 Å². The number of nitrogens with one attached hydrogen (secondary N) is 1. The smallest absolute Gasteiger partial charge is 0.310 e. The van der Waals surface area contributed by atoms with Crippen molar-refractivity contribution in [3.63, 3.8) is 0 Å². The average Bonchev–Trinajstić information content (AvgIpc) is 3.38. The lowest BCUT2D eigenvalue weighted by atomic mass is 9.89. The SMILES string of the molecule is CCOP(=O)(/C=C/c1ccc(NC(=O)[C@H](CCC2CCCC2)c2ccc(S(C)(=O)=O)cc2)nc1)OCC. The number of carbonyl (C=O) groups is 1. The molecule has 1 atom stereocenters. The molecule has 0 radical (unpaired) electrons. The molecular weight excluding hydrogens is 511 g/mol. The second kappa shape index (κ2) is 13.5. The second-order valence-electron chi connectivity index (χ2n) is 9.28. The summed E-state index contributed by atoms with van der Waals surface area (Å²) in [6.45, 7) is 4.03. The molecule has 202 valence electrons. The van der Waals surface area contributed by atoms with Crippen LogP contribution in [-0.2, 0) is 28.2 Å². The molecule has 2 aromatic rings. The second-order valence-corrected chi connectivity index (χ2v) is 13.2. The molecule has 0 aliphatic heterocycles. The number of rotatable bonds is 13. The average molecular weight is 549 g/mol. The molecule has 0 bridgehead atoms. The molecular formula is C27H37N2O6PS. The Balaban J connectivity index is 1.73. The van der Waals surface area contributed by atoms with Gasteiger partial charge in [-0.05, 0) is 74.1 Å². The van der Waals surface area contributed by atoms with Gasteiger partial charge in [-0.1, -0.05) is 37.8 Å². The highest BCUT2D eigenvalue weighted by molar-refractivity contribution is 7.90. The Bertz CT molecular complexity index is 1200. The Morgan fingerprint density at radius 1 is 1.11 bits per heavy atom. The molecule has 0 unspecified atom stereocenters. The summed E-state index contributed by atoms with van der Waals surface area (Å²) in [5.74, 6) is 1.84. The molecule has 1 aliphatic rings. The quantitative estimate of drug-likeness (QED) is 0.288. The van der Waals surface area contributed by atoms with Gasteiger partial charge in [0.15, 0.2) is 9.84 Å². The first-order chi connectivity index (χ1) is 17.6. The molecule has 37 heavy (non-hydrogen) atoms. The molecule has 1 saturated carbocycles. The van der Waals surface area contributed by atoms with Gasteiger partial charge in [0, 0.05) is 18.3 Å². The maximum absolute atomic E-state index is 13.3. The van der Waals surface area contributed by atoms with Crippen LogP contribution >= 0.6 is 7.60 Å². The van der Waals surface area contributed by atoms with E-state index < -0.39 is 23.4 Å². The van der Waals surface area contributed by atoms with E-state index in [0.717, 1.165) is 12.0 Å². The number of aromatic nitrogens is 1. The van der Waals surface area contributed by atoms with Gasteiger partial charge in [-0.3, -0.25) is 9.36 Å². The Morgan fingerprint density at radius 3 is 2.30 bits per heavy atom. The Labute approximate surface area is 220 Å². The van der Waals surface area contributed by atoms with Crippen molar-refractivity contribution in [2.45, 2.75) is 63.2 Å². The van der Waals surface area contributed by atoms with E-state index in [1.54, 1.807) is 62.5 Å². The zero-order chi connectivity index (χ0) is 26.9. The molecule has 1 aliphatic carbocycles. The number of carbonyl (C=O) groups excluding carboxylic acids is 1. The summed E-state index contributed by atoms with van der Waals surface area (Å²) >= 11 is 0. The molecule has 10 heteroatoms. The molecule has 8 nitrogen and oxygen atoms in total. The van der Waals surface area contributed by atoms with Crippen LogP contribution in [0.1, 0.15) is 69.4 Å². The minimum atomic E-state index is -3.31. The lowest BCUT2D eigenvalue weighted by Crippen LogP contribution is -2.22. The molecule has 1 N–H and O–H groups in total. The van der Waals surface area contributed by atoms with Gasteiger partial charge in [0.2, 0.25) is 5.91 Å². The van der Waals surface area contributed by atoms with Gasteiger partial charge >= 0.3 is 7.60 Å². The fourth-order valence-electron chi connectivity index (χ4n) is 4.55. The van der Waals surface area contributed by atoms with Crippen LogP contribution in [-0.4, -0.2) is 38.8 Å². The van der Waals surface area contributed by atoms with Gasteiger partial charge in [0.05, 0.1) is 24.0 Å². The Kier molecular flexibility index (Phi) is 10.6. The van der Waals surface area contributed by atoms with E-state index >= 15 is 0 Å². The van der Waals surface area contributed by atoms with Crippen molar-refractivity contribution < 1.29 is 26.8 Å². The van der Waals surface area contributed by atoms with Gasteiger partial charge in [0.25, 0.3) is 0 Å². The number of hydrogen-bond acceptors (Lipinski definition) is 7. The number of benzene rings is 1. The molecule has 3 rings (SSSR count). The summed E-state index contributed by atoms with van der Waals surface area (Å²) in [5.41, 5.74) is 1.47. The summed E-state index contributed by atoms with van der Waals surface area (Å²) < 4.78 is 46.8. The first-order valence-electron chi connectivity index (χ1n) is 12.8. The number of nitrogens with zero attached hydrogens (tertiary/aromatic N) is 1. The highest BCUT2D eigenvalue weighted by Gasteiger charge is 2.25. The topological polar surface area (TPSA) is 112 Å². The minimum Gasteiger partial charge on any atom is -0.310 e. The van der Waals surface area contributed by atoms with Crippen molar-refractivity contribution >= 4 is 35.2 Å². The van der Waals surface area contributed by atoms with Crippen molar-refractivity contribution in [3.05, 3.63) is 59.5 Å². The third-order valence-corrected chi connectivity index (χ3v) is 9.35. The van der Waals surface area contributed by atoms with Crippen LogP contribution in [0.15, 0.2) is 53.3 Å². The Morgan fingerprint density at radius 2 is 1.76 bits per heavy atom. The van der Waals surface area contributed by atoms with E-state index in [9.17, 15) is 17.8 Å². The number of sulfone groups is 1. The molecule has 0 saturated heterocycles. The molecule has 1 amide bonds. The summed E-state index contributed by atoms with van der Waals surface area (Å²) in [6.07, 6.45) is 10.8. The molecule has 1 fully saturated rings. The summed E-state index contributed by atoms with van der Waals surface area (Å²) in [7, 11) is -6.63. The standard InChI is InChI=1S/C27H37N2O6PS/c1-4-34-36(31,35-5-2)19-18-22-11-17-26(28-20-22)29-27(30)25(16-10-21-8-6-7-9-21)23-12-14-24(15-13-23)37(3,32)33/h11-15,17-21,25H,4-10,16H2,1-3H3,(H,28,29,30)/b19-18+/t25-/m1/s1. The monoisotopic (exact) mass is 548 g/mol. The number of pyridine rings is 1. The van der Waals surface area contributed by atoms with Crippen LogP contribution in [0, 0.1) is 5.92 Å². The zero-order valence-corrected chi connectivity index (χ0v) is 23.5. The summed E-state index contributed by atoms with van der Waals surface area (Å²) in [6, 6.07) is 10.0. The predicted octanol–water partition coefficient (Wildman–Crippen LogP) is 6.41. The zero-order valence-electron chi connectivity index (χ0n) is 21.8. The maximum atomic E-state index is 13.3. The van der Waals surface area contributed by atoms with Crippen molar-refractivity contribution in [2.24, 2.45) is 5.92 Å². The lowest BCUT2D eigenvalue weighted by molar-refractivity contribution is -0.117. The molecule has 1 aromatic carbocycles. The van der Waals surface area contributed by atoms with Crippen LogP contribution in [0.3, 0.4) is 0 Å². The highest BCUT2D eigenvalue weighted by atomic mass is 32.2. The third-order valence-electron chi connectivity index (χ3n) is 6.47. The number of hydrogen-bond donors (Lipinski definition) is 1. The van der Waals surface area contributed by atoms with Gasteiger partial charge in [-0.15, -0.1) is 0 Å². The van der Waals surface area contributed by atoms with E-state index in [0.29, 0.717) is 23.7 Å². The molecule has 1 aromatic heterocycles. The summed E-state index contributed by atoms with van der Waals surface area (Å²) in [4.78, 5) is 17.9. The van der Waals surface area contributed by atoms with Crippen LogP contribution in [0.2, 0.25) is 0 Å². The van der Waals surface area contributed by atoms with Crippen LogP contribution in [0.4, 0.5) is 5.82 Å². The van der Waals surface area contributed by atoms with Crippen molar-refractivity contribution in [1.29, 1.82) is 0 Å². The van der Waals surface area contributed by atoms with E-state index in [-0.39, 0.29) is 24.0 Å². The minimum absolute atomic E-state index is 0.182. The fourth-order valence-corrected chi connectivity index (χ4v) is 6.50. The number of anilines is 1. The van der Waals surface area contributed by atoms with Crippen molar-refractivity contribution in [1.82, 2.24) is 4.98 Å². The van der Waals surface area contributed by atoms with Gasteiger partial charge < -0.3 is 14.4 Å². The summed E-state index contributed by atoms with van der Waals surface area (Å²) in [5, 5.41) is 2.90. The lowest BCUT2D eigenvalue weighted by Gasteiger charge is -2.19. The fraction of sp³-hybridized carbons (Fsp3) is 0.481. The maximum Gasteiger partial charge on any atom is 0.354 e. The van der Waals surface area contributed by atoms with Gasteiger partial charge in [0.1, 0.15) is 5.82 Å². The van der Waals surface area contributed by atoms with Gasteiger partial charge in [-0.2, -0.15) is 0 Å². The number of amides is 1. The first kappa shape index (κ1) is 29.2. The first-order valence-corrected chi connectivity index (χ1v) is 16.3. The third kappa shape index (κ3) is 8.88. The van der Waals surface area contributed by atoms with E-state index in [1.165, 1.54) is 37.8 Å². The van der Waals surface area contributed by atoms with E-state index in [4.69, 9.17) is 9.05 Å². The van der Waals surface area contributed by atoms with Crippen molar-refractivity contribution in [2.75, 3.05) is 24.8 Å². The van der Waals surface area contributed by atoms with Gasteiger partial charge in [-0.25, -0.2) is 13.4 Å². The van der Waals surface area contributed by atoms with Crippen LogP contribution < -0.4 is 5.32 Å². The Hall–Kier alpha value is -2.32. The largest absolute Gasteiger partial charge is 0.354 e.